The van der Waals surface area contributed by atoms with Crippen LogP contribution in [0.15, 0.2) is 48.3 Å². The van der Waals surface area contributed by atoms with Crippen molar-refractivity contribution in [3.8, 4) is 0 Å². The molecule has 0 bridgehead atoms. The third-order valence-electron chi connectivity index (χ3n) is 2.70. The molecule has 1 unspecified atom stereocenters. The Balaban J connectivity index is 2.02. The quantitative estimate of drug-likeness (QED) is 0.658. The van der Waals surface area contributed by atoms with Gasteiger partial charge in [-0.2, -0.15) is 0 Å². The highest BCUT2D eigenvalue weighted by atomic mass is 16.7. The van der Waals surface area contributed by atoms with Crippen LogP contribution < -0.4 is 0 Å². The van der Waals surface area contributed by atoms with Crippen molar-refractivity contribution in [2.24, 2.45) is 5.92 Å². The first-order valence-corrected chi connectivity index (χ1v) is 5.19. The first-order valence-electron chi connectivity index (χ1n) is 5.19. The molecule has 2 aliphatic rings. The average Bonchev–Trinajstić information content (AvgIpc) is 2.85. The summed E-state index contributed by atoms with van der Waals surface area (Å²) >= 11 is 0. The van der Waals surface area contributed by atoms with Gasteiger partial charge < -0.3 is 9.47 Å². The van der Waals surface area contributed by atoms with Crippen molar-refractivity contribution in [1.82, 2.24) is 0 Å². The molecule has 2 heteroatoms. The summed E-state index contributed by atoms with van der Waals surface area (Å²) in [7, 11) is 1.68. The molecule has 1 atom stereocenters. The number of methoxy groups -OCH3 is 1. The summed E-state index contributed by atoms with van der Waals surface area (Å²) in [5.74, 6) is 0.731. The second-order valence-electron chi connectivity index (χ2n) is 3.84. The lowest BCUT2D eigenvalue weighted by Crippen LogP contribution is -2.27. The number of ether oxygens (including phenoxy) is 2. The Hall–Kier alpha value is -1.28. The highest BCUT2D eigenvalue weighted by Gasteiger charge is 2.32. The summed E-state index contributed by atoms with van der Waals surface area (Å²) in [6, 6.07) is 0. The normalized spacial score (nSPS) is 30.1. The van der Waals surface area contributed by atoms with Gasteiger partial charge in [0.2, 0.25) is 5.79 Å². The number of hydrogen-bond acceptors (Lipinski definition) is 2. The number of hydrogen-bond donors (Lipinski definition) is 0. The van der Waals surface area contributed by atoms with Crippen LogP contribution in [0.4, 0.5) is 0 Å². The molecule has 0 aromatic carbocycles. The smallest absolute Gasteiger partial charge is 0.233 e. The Morgan fingerprint density at radius 3 is 2.73 bits per heavy atom. The highest BCUT2D eigenvalue weighted by molar-refractivity contribution is 5.24. The van der Waals surface area contributed by atoms with Gasteiger partial charge in [0, 0.05) is 19.4 Å². The molecule has 80 valence electrons. The lowest BCUT2D eigenvalue weighted by Gasteiger charge is -2.24. The highest BCUT2D eigenvalue weighted by Crippen LogP contribution is 2.30. The van der Waals surface area contributed by atoms with Crippen LogP contribution in [0.1, 0.15) is 13.3 Å². The first-order chi connectivity index (χ1) is 7.24. The lowest BCUT2D eigenvalue weighted by atomic mass is 10.1. The topological polar surface area (TPSA) is 18.5 Å². The molecular formula is C13H16O2. The van der Waals surface area contributed by atoms with Crippen molar-refractivity contribution < 1.29 is 9.47 Å². The third kappa shape index (κ3) is 2.21. The van der Waals surface area contributed by atoms with Gasteiger partial charge in [0.25, 0.3) is 0 Å². The predicted octanol–water partition coefficient (Wildman–Crippen LogP) is 2.95. The van der Waals surface area contributed by atoms with Crippen molar-refractivity contribution >= 4 is 0 Å². The van der Waals surface area contributed by atoms with Crippen molar-refractivity contribution in [3.05, 3.63) is 48.3 Å². The second-order valence-corrected chi connectivity index (χ2v) is 3.84. The molecule has 2 rings (SSSR count). The Kier molecular flexibility index (Phi) is 2.78. The predicted molar refractivity (Wildman–Crippen MR) is 60.1 cm³/mol. The van der Waals surface area contributed by atoms with E-state index < -0.39 is 5.79 Å². The van der Waals surface area contributed by atoms with E-state index in [9.17, 15) is 0 Å². The van der Waals surface area contributed by atoms with Crippen LogP contribution in [0, 0.1) is 5.92 Å². The van der Waals surface area contributed by atoms with Crippen LogP contribution in [0.3, 0.4) is 0 Å². The van der Waals surface area contributed by atoms with E-state index in [2.05, 4.69) is 18.2 Å². The summed E-state index contributed by atoms with van der Waals surface area (Å²) in [5, 5.41) is 0. The van der Waals surface area contributed by atoms with Crippen LogP contribution in [0.5, 0.6) is 0 Å². The van der Waals surface area contributed by atoms with Gasteiger partial charge in [-0.05, 0) is 19.1 Å². The molecule has 0 aromatic heterocycles. The molecule has 2 nitrogen and oxygen atoms in total. The van der Waals surface area contributed by atoms with E-state index in [0.717, 1.165) is 12.2 Å². The zero-order valence-corrected chi connectivity index (χ0v) is 9.14. The van der Waals surface area contributed by atoms with Gasteiger partial charge in [-0.15, -0.1) is 0 Å². The largest absolute Gasteiger partial charge is 0.463 e. The molecule has 1 aliphatic heterocycles. The first kappa shape index (κ1) is 10.2. The molecular weight excluding hydrogens is 188 g/mol. The van der Waals surface area contributed by atoms with Crippen LogP contribution >= 0.6 is 0 Å². The van der Waals surface area contributed by atoms with Gasteiger partial charge in [-0.1, -0.05) is 30.4 Å². The molecule has 15 heavy (non-hydrogen) atoms. The van der Waals surface area contributed by atoms with E-state index in [0.29, 0.717) is 5.92 Å². The number of allylic oxidation sites excluding steroid dienone is 6. The Morgan fingerprint density at radius 1 is 1.47 bits per heavy atom. The van der Waals surface area contributed by atoms with Gasteiger partial charge in [0.1, 0.15) is 0 Å². The van der Waals surface area contributed by atoms with Crippen molar-refractivity contribution in [2.45, 2.75) is 19.1 Å². The van der Waals surface area contributed by atoms with Crippen molar-refractivity contribution in [2.75, 3.05) is 7.11 Å². The van der Waals surface area contributed by atoms with Gasteiger partial charge >= 0.3 is 0 Å². The minimum atomic E-state index is -0.575. The summed E-state index contributed by atoms with van der Waals surface area (Å²) in [6.07, 6.45) is 15.3. The summed E-state index contributed by atoms with van der Waals surface area (Å²) in [4.78, 5) is 0. The molecule has 0 aromatic rings. The van der Waals surface area contributed by atoms with Crippen LogP contribution in [0.2, 0.25) is 0 Å². The zero-order chi connectivity index (χ0) is 10.7. The van der Waals surface area contributed by atoms with Crippen molar-refractivity contribution in [1.29, 1.82) is 0 Å². The van der Waals surface area contributed by atoms with Crippen molar-refractivity contribution in [3.63, 3.8) is 0 Å². The van der Waals surface area contributed by atoms with Gasteiger partial charge in [0.15, 0.2) is 0 Å². The van der Waals surface area contributed by atoms with E-state index in [1.807, 2.05) is 31.2 Å². The SMILES string of the molecule is COC1(/C=C/C2C=CC=C2)CC=C(C)O1. The van der Waals surface area contributed by atoms with E-state index in [-0.39, 0.29) is 0 Å². The fourth-order valence-corrected chi connectivity index (χ4v) is 1.77. The maximum absolute atomic E-state index is 5.66. The summed E-state index contributed by atoms with van der Waals surface area (Å²) in [6.45, 7) is 1.95. The minimum Gasteiger partial charge on any atom is -0.463 e. The van der Waals surface area contributed by atoms with Crippen LogP contribution in [-0.2, 0) is 9.47 Å². The third-order valence-corrected chi connectivity index (χ3v) is 2.70. The lowest BCUT2D eigenvalue weighted by molar-refractivity contribution is -0.145. The van der Waals surface area contributed by atoms with Crippen LogP contribution in [0.25, 0.3) is 0 Å². The Labute approximate surface area is 90.6 Å². The molecule has 1 heterocycles. The summed E-state index contributed by atoms with van der Waals surface area (Å²) in [5.41, 5.74) is 0. The summed E-state index contributed by atoms with van der Waals surface area (Å²) < 4.78 is 11.1. The second kappa shape index (κ2) is 4.07. The Bertz CT molecular complexity index is 338. The number of rotatable bonds is 3. The van der Waals surface area contributed by atoms with Crippen LogP contribution in [-0.4, -0.2) is 12.9 Å². The molecule has 0 fully saturated rings. The maximum atomic E-state index is 5.66. The minimum absolute atomic E-state index is 0.376. The molecule has 0 N–H and O–H groups in total. The maximum Gasteiger partial charge on any atom is 0.233 e. The molecule has 0 saturated carbocycles. The van der Waals surface area contributed by atoms with E-state index in [1.165, 1.54) is 0 Å². The van der Waals surface area contributed by atoms with Gasteiger partial charge in [-0.25, -0.2) is 0 Å². The Morgan fingerprint density at radius 2 is 2.20 bits per heavy atom. The molecule has 1 aliphatic carbocycles. The fraction of sp³-hybridized carbons (Fsp3) is 0.385. The van der Waals surface area contributed by atoms with Gasteiger partial charge in [-0.3, -0.25) is 0 Å². The average molecular weight is 204 g/mol. The fourth-order valence-electron chi connectivity index (χ4n) is 1.77. The van der Waals surface area contributed by atoms with E-state index in [1.54, 1.807) is 7.11 Å². The van der Waals surface area contributed by atoms with E-state index >= 15 is 0 Å². The molecule has 0 amide bonds. The molecule has 0 radical (unpaired) electrons. The standard InChI is InChI=1S/C13H16O2/c1-11-7-9-13(14-2,15-11)10-8-12-5-3-4-6-12/h3-8,10,12H,9H2,1-2H3/b10-8+. The monoisotopic (exact) mass is 204 g/mol. The zero-order valence-electron chi connectivity index (χ0n) is 9.14. The van der Waals surface area contributed by atoms with E-state index in [4.69, 9.17) is 9.47 Å². The molecule has 0 spiro atoms. The van der Waals surface area contributed by atoms with Gasteiger partial charge in [0.05, 0.1) is 5.76 Å². The molecule has 0 saturated heterocycles.